The average Bonchev–Trinajstić information content (AvgIpc) is 2.47. The topological polar surface area (TPSA) is 61.8 Å². The lowest BCUT2D eigenvalue weighted by Crippen LogP contribution is -2.52. The van der Waals surface area contributed by atoms with Crippen LogP contribution in [0.4, 0.5) is 17.6 Å². The molecule has 5 nitrogen and oxygen atoms in total. The van der Waals surface area contributed by atoms with Gasteiger partial charge in [0.05, 0.1) is 6.61 Å². The molecule has 0 spiro atoms. The smallest absolute Gasteiger partial charge is 0.465 e. The number of alkyl halides is 4. The second-order valence-electron chi connectivity index (χ2n) is 5.49. The Bertz CT molecular complexity index is 672. The van der Waals surface area contributed by atoms with E-state index < -0.39 is 35.6 Å². The van der Waals surface area contributed by atoms with Crippen LogP contribution in [0.15, 0.2) is 18.2 Å². The molecule has 0 amide bonds. The van der Waals surface area contributed by atoms with Crippen LogP contribution in [0, 0.1) is 5.92 Å². The Morgan fingerprint density at radius 3 is 2.38 bits per heavy atom. The fourth-order valence-corrected chi connectivity index (χ4v) is 2.52. The Balaban J connectivity index is 1.73. The summed E-state index contributed by atoms with van der Waals surface area (Å²) >= 11 is 0. The Morgan fingerprint density at radius 1 is 1.04 bits per heavy atom. The van der Waals surface area contributed by atoms with E-state index in [9.17, 15) is 27.2 Å². The Morgan fingerprint density at radius 2 is 1.71 bits per heavy atom. The Labute approximate surface area is 133 Å². The maximum absolute atomic E-state index is 13.2. The molecular formula is C15H12F4O5. The highest BCUT2D eigenvalue weighted by molar-refractivity contribution is 6.00. The molecule has 1 unspecified atom stereocenters. The van der Waals surface area contributed by atoms with Gasteiger partial charge in [-0.3, -0.25) is 9.59 Å². The molecule has 0 radical (unpaired) electrons. The number of fused-ring (bicyclic) bond motifs is 1. The molecule has 0 aliphatic carbocycles. The summed E-state index contributed by atoms with van der Waals surface area (Å²) in [5.41, 5.74) is 0.435. The van der Waals surface area contributed by atoms with Gasteiger partial charge in [-0.15, -0.1) is 0 Å². The van der Waals surface area contributed by atoms with Crippen molar-refractivity contribution in [3.8, 4) is 11.5 Å². The maximum Gasteiger partial charge on any atom is 0.507 e. The number of cyclic esters (lactones) is 1. The third-order valence-corrected chi connectivity index (χ3v) is 3.81. The normalized spacial score (nSPS) is 24.4. The first-order valence-electron chi connectivity index (χ1n) is 7.15. The van der Waals surface area contributed by atoms with Gasteiger partial charge in [-0.2, -0.15) is 17.6 Å². The Hall–Kier alpha value is -2.32. The van der Waals surface area contributed by atoms with Crippen LogP contribution in [0.2, 0.25) is 0 Å². The van der Waals surface area contributed by atoms with E-state index in [1.807, 2.05) is 0 Å². The van der Waals surface area contributed by atoms with E-state index in [2.05, 4.69) is 9.47 Å². The van der Waals surface area contributed by atoms with Gasteiger partial charge in [0.15, 0.2) is 17.3 Å². The van der Waals surface area contributed by atoms with E-state index in [0.29, 0.717) is 5.56 Å². The van der Waals surface area contributed by atoms with Crippen molar-refractivity contribution >= 4 is 11.8 Å². The number of hydrogen-bond donors (Lipinski definition) is 0. The third kappa shape index (κ3) is 2.90. The predicted molar refractivity (Wildman–Crippen MR) is 70.0 cm³/mol. The number of hydrogen-bond acceptors (Lipinski definition) is 5. The summed E-state index contributed by atoms with van der Waals surface area (Å²) in [5, 5.41) is 0. The van der Waals surface area contributed by atoms with E-state index in [1.54, 1.807) is 0 Å². The van der Waals surface area contributed by atoms with Crippen molar-refractivity contribution in [2.45, 2.75) is 31.5 Å². The molecule has 24 heavy (non-hydrogen) atoms. The number of rotatable bonds is 3. The lowest BCUT2D eigenvalue weighted by molar-refractivity contribution is -0.391. The van der Waals surface area contributed by atoms with E-state index >= 15 is 0 Å². The first-order chi connectivity index (χ1) is 11.2. The molecule has 1 fully saturated rings. The lowest BCUT2D eigenvalue weighted by Gasteiger charge is -2.32. The van der Waals surface area contributed by atoms with Gasteiger partial charge in [0.1, 0.15) is 5.92 Å². The van der Waals surface area contributed by atoms with Gasteiger partial charge in [-0.1, -0.05) is 6.07 Å². The number of Topliss-reactive ketones (excluding diaryl/α,β-unsaturated/α-hetero) is 1. The molecule has 2 aliphatic heterocycles. The molecule has 0 bridgehead atoms. The molecule has 0 N–H and O–H groups in total. The van der Waals surface area contributed by atoms with Gasteiger partial charge in [-0.05, 0) is 30.5 Å². The van der Waals surface area contributed by atoms with Crippen LogP contribution in [0.25, 0.3) is 0 Å². The SMILES string of the molecule is O=C1CCOC(=O)C1CCc1ccc2c(c1)OC(F)(F)C(F)(F)O2. The molecule has 3 rings (SSSR count). The summed E-state index contributed by atoms with van der Waals surface area (Å²) in [6, 6.07) is 3.58. The highest BCUT2D eigenvalue weighted by Crippen LogP contribution is 2.47. The minimum Gasteiger partial charge on any atom is -0.465 e. The third-order valence-electron chi connectivity index (χ3n) is 3.81. The zero-order chi connectivity index (χ0) is 17.5. The number of benzene rings is 1. The molecule has 130 valence electrons. The van der Waals surface area contributed by atoms with Crippen molar-refractivity contribution < 1.29 is 41.4 Å². The Kier molecular flexibility index (Phi) is 3.89. The van der Waals surface area contributed by atoms with Crippen LogP contribution in [-0.4, -0.2) is 30.6 Å². The summed E-state index contributed by atoms with van der Waals surface area (Å²) in [4.78, 5) is 23.2. The van der Waals surface area contributed by atoms with E-state index in [4.69, 9.17) is 4.74 Å². The summed E-state index contributed by atoms with van der Waals surface area (Å²) in [5.74, 6) is -2.80. The second-order valence-corrected chi connectivity index (χ2v) is 5.49. The average molecular weight is 348 g/mol. The highest BCUT2D eigenvalue weighted by atomic mass is 19.3. The molecule has 2 heterocycles. The number of halogens is 4. The standard InChI is InChI=1S/C15H12F4O5/c16-14(17)15(18,19)24-12-7-8(2-4-11(12)23-14)1-3-9-10(20)5-6-22-13(9)21/h2,4,7,9H,1,3,5-6H2. The lowest BCUT2D eigenvalue weighted by atomic mass is 9.92. The van der Waals surface area contributed by atoms with Crippen LogP contribution >= 0.6 is 0 Å². The van der Waals surface area contributed by atoms with Gasteiger partial charge in [0, 0.05) is 6.42 Å². The van der Waals surface area contributed by atoms with E-state index in [1.165, 1.54) is 6.07 Å². The quantitative estimate of drug-likeness (QED) is 0.478. The summed E-state index contributed by atoms with van der Waals surface area (Å²) in [6.45, 7) is 0.0570. The van der Waals surface area contributed by atoms with Crippen LogP contribution < -0.4 is 9.47 Å². The van der Waals surface area contributed by atoms with Crippen molar-refractivity contribution in [3.63, 3.8) is 0 Å². The monoisotopic (exact) mass is 348 g/mol. The molecule has 9 heteroatoms. The van der Waals surface area contributed by atoms with Crippen LogP contribution in [0.3, 0.4) is 0 Å². The summed E-state index contributed by atoms with van der Waals surface area (Å²) in [6.07, 6.45) is -9.10. The van der Waals surface area contributed by atoms with E-state index in [-0.39, 0.29) is 31.7 Å². The molecule has 1 aromatic rings. The molecule has 0 aromatic heterocycles. The molecule has 2 aliphatic rings. The number of ether oxygens (including phenoxy) is 3. The minimum absolute atomic E-state index is 0.0570. The van der Waals surface area contributed by atoms with Crippen molar-refractivity contribution in [1.82, 2.24) is 0 Å². The van der Waals surface area contributed by atoms with Gasteiger partial charge < -0.3 is 14.2 Å². The first kappa shape index (κ1) is 16.5. The molecule has 1 atom stereocenters. The second kappa shape index (κ2) is 5.64. The number of ketones is 1. The number of esters is 1. The fourth-order valence-electron chi connectivity index (χ4n) is 2.52. The maximum atomic E-state index is 13.2. The van der Waals surface area contributed by atoms with Crippen molar-refractivity contribution in [2.75, 3.05) is 6.61 Å². The zero-order valence-electron chi connectivity index (χ0n) is 12.2. The summed E-state index contributed by atoms with van der Waals surface area (Å²) < 4.78 is 65.3. The zero-order valence-corrected chi connectivity index (χ0v) is 12.2. The first-order valence-corrected chi connectivity index (χ1v) is 7.15. The number of aryl methyl sites for hydroxylation is 1. The van der Waals surface area contributed by atoms with Crippen LogP contribution in [-0.2, 0) is 20.7 Å². The van der Waals surface area contributed by atoms with Crippen molar-refractivity contribution in [3.05, 3.63) is 23.8 Å². The molecular weight excluding hydrogens is 336 g/mol. The van der Waals surface area contributed by atoms with Gasteiger partial charge in [-0.25, -0.2) is 0 Å². The van der Waals surface area contributed by atoms with Crippen molar-refractivity contribution in [2.24, 2.45) is 5.92 Å². The van der Waals surface area contributed by atoms with Gasteiger partial charge in [0.25, 0.3) is 0 Å². The van der Waals surface area contributed by atoms with Gasteiger partial charge >= 0.3 is 18.2 Å². The predicted octanol–water partition coefficient (Wildman–Crippen LogP) is 2.71. The van der Waals surface area contributed by atoms with Gasteiger partial charge in [0.2, 0.25) is 0 Å². The largest absolute Gasteiger partial charge is 0.507 e. The number of carbonyl (C=O) groups excluding carboxylic acids is 2. The molecule has 1 aromatic carbocycles. The minimum atomic E-state index is -4.79. The molecule has 0 saturated carbocycles. The van der Waals surface area contributed by atoms with Crippen LogP contribution in [0.1, 0.15) is 18.4 Å². The number of carbonyl (C=O) groups is 2. The van der Waals surface area contributed by atoms with Crippen molar-refractivity contribution in [1.29, 1.82) is 0 Å². The highest BCUT2D eigenvalue weighted by Gasteiger charge is 2.65. The van der Waals surface area contributed by atoms with E-state index in [0.717, 1.165) is 12.1 Å². The van der Waals surface area contributed by atoms with Crippen LogP contribution in [0.5, 0.6) is 11.5 Å². The summed E-state index contributed by atoms with van der Waals surface area (Å²) in [7, 11) is 0. The molecule has 1 saturated heterocycles. The fraction of sp³-hybridized carbons (Fsp3) is 0.467.